The molecule has 1 aliphatic rings. The van der Waals surface area contributed by atoms with Crippen LogP contribution in [0.1, 0.15) is 5.56 Å². The minimum absolute atomic E-state index is 0.00826. The number of hydrogen-bond acceptors (Lipinski definition) is 4. The average molecular weight is 458 g/mol. The highest BCUT2D eigenvalue weighted by molar-refractivity contribution is 6.69. The molecule has 0 spiro atoms. The van der Waals surface area contributed by atoms with Gasteiger partial charge >= 0.3 is 0 Å². The van der Waals surface area contributed by atoms with Crippen LogP contribution in [0.5, 0.6) is 0 Å². The number of anilines is 1. The Balaban J connectivity index is 1.92. The lowest BCUT2D eigenvalue weighted by Gasteiger charge is -2.72. The highest BCUT2D eigenvalue weighted by Gasteiger charge is 2.69. The number of aromatic amines is 1. The molecule has 4 heterocycles. The van der Waals surface area contributed by atoms with E-state index in [1.807, 2.05) is 30.9 Å². The lowest BCUT2D eigenvalue weighted by atomic mass is 9.08. The van der Waals surface area contributed by atoms with Crippen LogP contribution in [0.2, 0.25) is 15.7 Å². The molecule has 0 aliphatic carbocycles. The summed E-state index contributed by atoms with van der Waals surface area (Å²) in [6.45, 7) is 0. The van der Waals surface area contributed by atoms with Gasteiger partial charge in [0, 0.05) is 35.5 Å². The highest BCUT2D eigenvalue weighted by Crippen LogP contribution is 2.71. The molecule has 3 aromatic heterocycles. The van der Waals surface area contributed by atoms with E-state index >= 15 is 0 Å². The van der Waals surface area contributed by atoms with Crippen LogP contribution in [0.4, 0.5) is 10.2 Å². The van der Waals surface area contributed by atoms with Crippen molar-refractivity contribution in [3.8, 4) is 11.3 Å². The Morgan fingerprint density at radius 2 is 1.57 bits per heavy atom. The Labute approximate surface area is 214 Å². The molecule has 1 atom stereocenters. The van der Waals surface area contributed by atoms with E-state index in [1.165, 1.54) is 6.07 Å². The second-order valence-corrected chi connectivity index (χ2v) is 11.9. The fraction of sp³-hybridized carbons (Fsp3) is 0.263. The minimum Gasteiger partial charge on any atom is -0.309 e. The molecule has 3 aromatic rings. The van der Waals surface area contributed by atoms with Gasteiger partial charge in [0.1, 0.15) is 45.0 Å². The molecular formula is C19H27B9FN5O. The third kappa shape index (κ3) is 3.35. The Hall–Kier alpha value is -2.51. The molecule has 16 heteroatoms. The number of nitrogens with zero attached hydrogens (tertiary/aromatic N) is 4. The summed E-state index contributed by atoms with van der Waals surface area (Å²) < 4.78 is 13.7. The van der Waals surface area contributed by atoms with Crippen molar-refractivity contribution < 1.29 is 9.18 Å². The van der Waals surface area contributed by atoms with Gasteiger partial charge in [0.25, 0.3) is 0 Å². The molecule has 0 aromatic carbocycles. The van der Waals surface area contributed by atoms with Crippen LogP contribution in [0, 0.1) is 5.95 Å². The maximum absolute atomic E-state index is 14.8. The number of amides is 1. The molecule has 1 saturated heterocycles. The fourth-order valence-corrected chi connectivity index (χ4v) is 6.00. The second-order valence-electron chi connectivity index (χ2n) is 11.9. The smallest absolute Gasteiger partial charge is 0.223 e. The van der Waals surface area contributed by atoms with Crippen molar-refractivity contribution >= 4 is 82.3 Å². The van der Waals surface area contributed by atoms with E-state index in [4.69, 9.17) is 0 Å². The van der Waals surface area contributed by atoms with Crippen molar-refractivity contribution in [3.05, 3.63) is 60.4 Å². The van der Waals surface area contributed by atoms with Crippen molar-refractivity contribution in [1.29, 1.82) is 0 Å². The number of hydrogen-bond donors (Lipinski definition) is 1. The van der Waals surface area contributed by atoms with Crippen LogP contribution < -0.4 is 4.90 Å². The number of piperidine rings is 1. The van der Waals surface area contributed by atoms with Crippen molar-refractivity contribution in [2.75, 3.05) is 4.90 Å². The maximum atomic E-state index is 14.8. The topological polar surface area (TPSA) is 74.8 Å². The van der Waals surface area contributed by atoms with Crippen molar-refractivity contribution in [3.63, 3.8) is 0 Å². The summed E-state index contributed by atoms with van der Waals surface area (Å²) in [7, 11) is 19.2. The number of halogens is 1. The minimum atomic E-state index is -0.875. The molecule has 168 valence electrons. The van der Waals surface area contributed by atoms with E-state index < -0.39 is 27.0 Å². The molecular weight excluding hydrogens is 431 g/mol. The first-order chi connectivity index (χ1) is 16.1. The molecule has 4 rings (SSSR count). The van der Waals surface area contributed by atoms with Gasteiger partial charge in [-0.2, -0.15) is 9.49 Å². The van der Waals surface area contributed by atoms with Gasteiger partial charge in [-0.05, 0) is 29.1 Å². The molecule has 0 bridgehead atoms. The Kier molecular flexibility index (Phi) is 5.85. The van der Waals surface area contributed by atoms with Gasteiger partial charge < -0.3 is 4.90 Å². The standard InChI is InChI=1S/C19H27B9FN5O/c20-15(16(21,22)10-1-2-12(29)31-8-10)14(35)34(19(27,28)18(25,26)17(15,23)24)13-7-11(32-33-13)9-3-5-30-6-4-9/h1-8H,20-28H2,(H,32,33)/t15-/m1/s1. The summed E-state index contributed by atoms with van der Waals surface area (Å²) in [4.78, 5) is 24.7. The number of nitrogens with one attached hydrogen (secondary N) is 1. The second kappa shape index (κ2) is 8.00. The Morgan fingerprint density at radius 3 is 2.14 bits per heavy atom. The summed E-state index contributed by atoms with van der Waals surface area (Å²) in [5, 5.41) is 4.78. The zero-order valence-corrected chi connectivity index (χ0v) is 22.2. The SMILES string of the molecule is BC1(B)N(c2cc(-c3ccncc3)n[nH]2)C(=O)[C@@](B)(C(B)(B)c2ccc(F)nc2)C(B)(B)C1(B)B. The normalized spacial score (nSPS) is 23.1. The van der Waals surface area contributed by atoms with Gasteiger partial charge in [0.2, 0.25) is 11.9 Å². The van der Waals surface area contributed by atoms with Crippen molar-refractivity contribution in [2.24, 2.45) is 0 Å². The summed E-state index contributed by atoms with van der Waals surface area (Å²) in [5.41, 5.74) is 2.49. The molecule has 0 saturated carbocycles. The van der Waals surface area contributed by atoms with E-state index in [1.54, 1.807) is 24.7 Å². The molecule has 1 aliphatic heterocycles. The summed E-state index contributed by atoms with van der Waals surface area (Å²) in [6, 6.07) is 8.82. The summed E-state index contributed by atoms with van der Waals surface area (Å²) in [5.74, 6) is 0.105. The van der Waals surface area contributed by atoms with E-state index in [-0.39, 0.29) is 11.1 Å². The molecule has 1 N–H and O–H groups in total. The van der Waals surface area contributed by atoms with Crippen LogP contribution in [0.3, 0.4) is 0 Å². The third-order valence-electron chi connectivity index (χ3n) is 10.0. The van der Waals surface area contributed by atoms with E-state index in [0.717, 1.165) is 16.8 Å². The summed E-state index contributed by atoms with van der Waals surface area (Å²) in [6.07, 6.45) is 5.00. The third-order valence-corrected chi connectivity index (χ3v) is 10.0. The summed E-state index contributed by atoms with van der Waals surface area (Å²) >= 11 is 0. The van der Waals surface area contributed by atoms with E-state index in [0.29, 0.717) is 5.82 Å². The number of aromatic nitrogens is 4. The predicted molar refractivity (Wildman–Crippen MR) is 163 cm³/mol. The first-order valence-electron chi connectivity index (χ1n) is 12.0. The van der Waals surface area contributed by atoms with Gasteiger partial charge in [-0.1, -0.05) is 21.7 Å². The Bertz CT molecular complexity index is 1270. The van der Waals surface area contributed by atoms with Gasteiger partial charge in [0.15, 0.2) is 0 Å². The van der Waals surface area contributed by atoms with Gasteiger partial charge in [0.05, 0.1) is 37.1 Å². The Morgan fingerprint density at radius 1 is 0.943 bits per heavy atom. The monoisotopic (exact) mass is 459 g/mol. The lowest BCUT2D eigenvalue weighted by molar-refractivity contribution is -0.124. The highest BCUT2D eigenvalue weighted by atomic mass is 19.1. The fourth-order valence-electron chi connectivity index (χ4n) is 6.00. The average Bonchev–Trinajstić information content (AvgIpc) is 3.27. The molecule has 1 amide bonds. The van der Waals surface area contributed by atoms with Gasteiger partial charge in [-0.25, -0.2) is 4.98 Å². The van der Waals surface area contributed by atoms with E-state index in [9.17, 15) is 9.18 Å². The van der Waals surface area contributed by atoms with Crippen LogP contribution >= 0.6 is 0 Å². The number of rotatable bonds is 4. The molecule has 35 heavy (non-hydrogen) atoms. The molecule has 0 radical (unpaired) electrons. The molecule has 0 unspecified atom stereocenters. The number of H-pyrrole nitrogens is 1. The predicted octanol–water partition coefficient (Wildman–Crippen LogP) is -6.05. The molecule has 6 nitrogen and oxygen atoms in total. The molecule has 1 fully saturated rings. The first kappa shape index (κ1) is 25.6. The van der Waals surface area contributed by atoms with Crippen LogP contribution in [-0.2, 0) is 10.0 Å². The first-order valence-corrected chi connectivity index (χ1v) is 12.0. The number of carbonyl (C=O) groups excluding carboxylic acids is 1. The maximum Gasteiger partial charge on any atom is 0.223 e. The zero-order valence-electron chi connectivity index (χ0n) is 22.2. The largest absolute Gasteiger partial charge is 0.309 e. The van der Waals surface area contributed by atoms with Crippen LogP contribution in [0.15, 0.2) is 48.9 Å². The van der Waals surface area contributed by atoms with Gasteiger partial charge in [-0.3, -0.25) is 14.9 Å². The van der Waals surface area contributed by atoms with Crippen molar-refractivity contribution in [1.82, 2.24) is 20.2 Å². The van der Waals surface area contributed by atoms with E-state index in [2.05, 4.69) is 82.9 Å². The zero-order chi connectivity index (χ0) is 26.0. The van der Waals surface area contributed by atoms with Crippen LogP contribution in [0.25, 0.3) is 11.3 Å². The van der Waals surface area contributed by atoms with Crippen molar-refractivity contribution in [2.45, 2.75) is 26.3 Å². The number of pyridine rings is 2. The van der Waals surface area contributed by atoms with Crippen LogP contribution in [-0.4, -0.2) is 102 Å². The number of carbonyl (C=O) groups is 1. The lowest BCUT2D eigenvalue weighted by Crippen LogP contribution is -2.76. The quantitative estimate of drug-likeness (QED) is 0.313. The van der Waals surface area contributed by atoms with Gasteiger partial charge in [-0.15, -0.1) is 0 Å².